The zero-order valence-corrected chi connectivity index (χ0v) is 28.0. The molecule has 47 heavy (non-hydrogen) atoms. The Morgan fingerprint density at radius 1 is 0.426 bits per heavy atom. The maximum atomic E-state index is 11.2. The van der Waals surface area contributed by atoms with Gasteiger partial charge in [0.15, 0.2) is 0 Å². The van der Waals surface area contributed by atoms with Crippen LogP contribution in [0.25, 0.3) is 66.6 Å². The van der Waals surface area contributed by atoms with Crippen LogP contribution in [0.5, 0.6) is 5.75 Å². The summed E-state index contributed by atoms with van der Waals surface area (Å²) in [6.45, 7) is 13.3. The summed E-state index contributed by atoms with van der Waals surface area (Å²) in [4.78, 5) is 10.8. The highest BCUT2D eigenvalue weighted by Crippen LogP contribution is 2.41. The van der Waals surface area contributed by atoms with E-state index in [1.54, 1.807) is 6.07 Å². The third-order valence-corrected chi connectivity index (χ3v) is 9.09. The van der Waals surface area contributed by atoms with E-state index in [4.69, 9.17) is 9.97 Å². The molecule has 0 amide bonds. The van der Waals surface area contributed by atoms with E-state index in [2.05, 4.69) is 145 Å². The number of phenols is 1. The van der Waals surface area contributed by atoms with Crippen LogP contribution in [0.15, 0.2) is 127 Å². The minimum Gasteiger partial charge on any atom is -0.507 e. The molecule has 2 aromatic heterocycles. The summed E-state index contributed by atoms with van der Waals surface area (Å²) in [5.74, 6) is 0.210. The molecule has 0 saturated carbocycles. The summed E-state index contributed by atoms with van der Waals surface area (Å²) in [5, 5.41) is 13.3. The van der Waals surface area contributed by atoms with Crippen LogP contribution in [0.3, 0.4) is 0 Å². The second-order valence-electron chi connectivity index (χ2n) is 14.5. The summed E-state index contributed by atoms with van der Waals surface area (Å²) >= 11 is 0. The lowest BCUT2D eigenvalue weighted by molar-refractivity contribution is 0.476. The van der Waals surface area contributed by atoms with Gasteiger partial charge in [-0.3, -0.25) is 0 Å². The molecule has 0 aliphatic heterocycles. The molecule has 232 valence electrons. The lowest BCUT2D eigenvalue weighted by Gasteiger charge is -2.21. The molecule has 3 nitrogen and oxygen atoms in total. The molecule has 5 aromatic carbocycles. The van der Waals surface area contributed by atoms with E-state index in [0.29, 0.717) is 5.56 Å². The molecule has 0 spiro atoms. The molecule has 0 fully saturated rings. The van der Waals surface area contributed by atoms with Gasteiger partial charge in [-0.15, -0.1) is 0 Å². The second kappa shape index (κ2) is 11.5. The van der Waals surface area contributed by atoms with E-state index < -0.39 is 0 Å². The van der Waals surface area contributed by atoms with Gasteiger partial charge in [0.2, 0.25) is 0 Å². The average molecular weight is 613 g/mol. The van der Waals surface area contributed by atoms with Gasteiger partial charge in [-0.05, 0) is 74.5 Å². The number of benzene rings is 5. The van der Waals surface area contributed by atoms with Crippen molar-refractivity contribution in [1.82, 2.24) is 9.97 Å². The number of nitrogens with zero attached hydrogens (tertiary/aromatic N) is 2. The predicted octanol–water partition coefficient (Wildman–Crippen LogP) is 11.8. The Kier molecular flexibility index (Phi) is 7.44. The number of fused-ring (bicyclic) bond motifs is 3. The minimum absolute atomic E-state index is 0.00640. The first-order valence-electron chi connectivity index (χ1n) is 16.3. The first kappa shape index (κ1) is 30.4. The van der Waals surface area contributed by atoms with Gasteiger partial charge in [-0.25, -0.2) is 9.97 Å². The molecule has 3 heteroatoms. The molecule has 0 saturated heterocycles. The molecule has 2 heterocycles. The van der Waals surface area contributed by atoms with Gasteiger partial charge in [-0.2, -0.15) is 0 Å². The van der Waals surface area contributed by atoms with Crippen LogP contribution in [0, 0.1) is 0 Å². The number of pyridine rings is 2. The number of hydrogen-bond donors (Lipinski definition) is 1. The number of phenolic OH excluding ortho intramolecular Hbond substituents is 1. The lowest BCUT2D eigenvalue weighted by atomic mass is 9.85. The van der Waals surface area contributed by atoms with Crippen molar-refractivity contribution in [3.63, 3.8) is 0 Å². The van der Waals surface area contributed by atoms with E-state index in [9.17, 15) is 5.11 Å². The standard InChI is InChI=1S/C44H40N2O/c1-43(2,3)31-19-13-18-30(24-31)38-26-35(28-14-9-7-10-15-28)33-21-22-34-36(29-16-11-8-12-17-29)27-39(46-42(34)41(33)45-38)37-25-32(44(4,5)6)20-23-40(37)47/h7-27,47H,1-6H3. The van der Waals surface area contributed by atoms with Gasteiger partial charge < -0.3 is 5.11 Å². The van der Waals surface area contributed by atoms with Crippen molar-refractivity contribution < 1.29 is 5.11 Å². The van der Waals surface area contributed by atoms with Crippen molar-refractivity contribution in [1.29, 1.82) is 0 Å². The van der Waals surface area contributed by atoms with Crippen molar-refractivity contribution in [3.05, 3.63) is 139 Å². The van der Waals surface area contributed by atoms with Crippen LogP contribution < -0.4 is 0 Å². The first-order valence-corrected chi connectivity index (χ1v) is 16.3. The highest BCUT2D eigenvalue weighted by Gasteiger charge is 2.21. The van der Waals surface area contributed by atoms with Crippen LogP contribution in [0.1, 0.15) is 52.7 Å². The molecule has 0 atom stereocenters. The Morgan fingerprint density at radius 2 is 0.915 bits per heavy atom. The fourth-order valence-corrected chi connectivity index (χ4v) is 6.33. The largest absolute Gasteiger partial charge is 0.507 e. The van der Waals surface area contributed by atoms with Crippen molar-refractivity contribution in [3.8, 4) is 50.5 Å². The second-order valence-corrected chi connectivity index (χ2v) is 14.5. The summed E-state index contributed by atoms with van der Waals surface area (Å²) in [6.07, 6.45) is 0. The minimum atomic E-state index is -0.0864. The number of hydrogen-bond acceptors (Lipinski definition) is 3. The molecule has 0 aliphatic rings. The van der Waals surface area contributed by atoms with E-state index in [0.717, 1.165) is 66.6 Å². The third-order valence-electron chi connectivity index (χ3n) is 9.09. The summed E-state index contributed by atoms with van der Waals surface area (Å²) in [5.41, 5.74) is 11.8. The Balaban J connectivity index is 1.60. The SMILES string of the molecule is CC(C)(C)c1cccc(-c2cc(-c3ccccc3)c3ccc4c(-c5ccccc5)cc(-c5cc(C(C)(C)C)ccc5O)nc4c3n2)c1. The van der Waals surface area contributed by atoms with Crippen molar-refractivity contribution in [2.24, 2.45) is 0 Å². The monoisotopic (exact) mass is 612 g/mol. The highest BCUT2D eigenvalue weighted by atomic mass is 16.3. The molecule has 7 rings (SSSR count). The topological polar surface area (TPSA) is 46.0 Å². The number of rotatable bonds is 4. The molecule has 0 radical (unpaired) electrons. The fraction of sp³-hybridized carbons (Fsp3) is 0.182. The smallest absolute Gasteiger partial charge is 0.124 e. The average Bonchev–Trinajstić information content (AvgIpc) is 3.07. The molecule has 7 aromatic rings. The van der Waals surface area contributed by atoms with Gasteiger partial charge in [-0.1, -0.05) is 139 Å². The lowest BCUT2D eigenvalue weighted by Crippen LogP contribution is -2.11. The third kappa shape index (κ3) is 5.79. The van der Waals surface area contributed by atoms with Crippen LogP contribution in [-0.2, 0) is 10.8 Å². The van der Waals surface area contributed by atoms with Crippen LogP contribution in [-0.4, -0.2) is 15.1 Å². The summed E-state index contributed by atoms with van der Waals surface area (Å²) in [7, 11) is 0. The quantitative estimate of drug-likeness (QED) is 0.201. The number of aromatic hydroxyl groups is 1. The Labute approximate surface area is 277 Å². The molecule has 1 N–H and O–H groups in total. The van der Waals surface area contributed by atoms with Gasteiger partial charge in [0.05, 0.1) is 22.4 Å². The highest BCUT2D eigenvalue weighted by molar-refractivity contribution is 6.13. The molecular weight excluding hydrogens is 572 g/mol. The van der Waals surface area contributed by atoms with Crippen molar-refractivity contribution in [2.75, 3.05) is 0 Å². The Morgan fingerprint density at radius 3 is 1.47 bits per heavy atom. The van der Waals surface area contributed by atoms with Gasteiger partial charge in [0.1, 0.15) is 5.75 Å². The maximum absolute atomic E-state index is 11.2. The van der Waals surface area contributed by atoms with Crippen LogP contribution >= 0.6 is 0 Å². The molecule has 0 unspecified atom stereocenters. The van der Waals surface area contributed by atoms with E-state index >= 15 is 0 Å². The maximum Gasteiger partial charge on any atom is 0.124 e. The first-order chi connectivity index (χ1) is 22.5. The normalized spacial score (nSPS) is 12.1. The molecule has 0 aliphatic carbocycles. The van der Waals surface area contributed by atoms with Crippen molar-refractivity contribution >= 4 is 21.8 Å². The van der Waals surface area contributed by atoms with Crippen LogP contribution in [0.4, 0.5) is 0 Å². The zero-order valence-electron chi connectivity index (χ0n) is 28.0. The van der Waals surface area contributed by atoms with E-state index in [-0.39, 0.29) is 16.6 Å². The van der Waals surface area contributed by atoms with E-state index in [1.165, 1.54) is 5.56 Å². The predicted molar refractivity (Wildman–Crippen MR) is 198 cm³/mol. The van der Waals surface area contributed by atoms with Gasteiger partial charge in [0.25, 0.3) is 0 Å². The molecular formula is C44H40N2O. The van der Waals surface area contributed by atoms with Gasteiger partial charge >= 0.3 is 0 Å². The Bertz CT molecular complexity index is 2260. The van der Waals surface area contributed by atoms with Crippen LogP contribution in [0.2, 0.25) is 0 Å². The fourth-order valence-electron chi connectivity index (χ4n) is 6.33. The van der Waals surface area contributed by atoms with Gasteiger partial charge in [0, 0.05) is 21.9 Å². The summed E-state index contributed by atoms with van der Waals surface area (Å²) < 4.78 is 0. The van der Waals surface area contributed by atoms with Crippen molar-refractivity contribution in [2.45, 2.75) is 52.4 Å². The Hall–Kier alpha value is -5.28. The number of aromatic nitrogens is 2. The zero-order chi connectivity index (χ0) is 32.9. The summed E-state index contributed by atoms with van der Waals surface area (Å²) in [6, 6.07) is 44.2. The van der Waals surface area contributed by atoms with E-state index in [1.807, 2.05) is 18.2 Å². The molecule has 0 bridgehead atoms.